The topological polar surface area (TPSA) is 26.0 Å². The second-order valence-corrected chi connectivity index (χ2v) is 1.71. The van der Waals surface area contributed by atoms with Crippen LogP contribution < -0.4 is 5.73 Å². The molecular formula is C16H47N. The second-order valence-electron chi connectivity index (χ2n) is 1.71. The van der Waals surface area contributed by atoms with E-state index in [4.69, 9.17) is 0 Å². The molecule has 17 heavy (non-hydrogen) atoms. The van der Waals surface area contributed by atoms with E-state index in [1.807, 2.05) is 55.4 Å². The summed E-state index contributed by atoms with van der Waals surface area (Å²) in [6.07, 6.45) is 3.89. The van der Waals surface area contributed by atoms with Gasteiger partial charge in [-0.15, -0.1) is 0 Å². The molecule has 0 atom stereocenters. The first-order chi connectivity index (χ1) is 8.33. The van der Waals surface area contributed by atoms with Crippen molar-refractivity contribution in [2.75, 3.05) is 7.05 Å². The Bertz CT molecular complexity index is 13.0. The lowest BCUT2D eigenvalue weighted by Crippen LogP contribution is -1.69. The van der Waals surface area contributed by atoms with Crippen LogP contribution in [0.5, 0.6) is 0 Å². The molecule has 0 aliphatic rings. The summed E-state index contributed by atoms with van der Waals surface area (Å²) >= 11 is 0. The average Bonchev–Trinajstić information content (AvgIpc) is 2.50. The summed E-state index contributed by atoms with van der Waals surface area (Å²) in [4.78, 5) is 0. The van der Waals surface area contributed by atoms with Crippen LogP contribution in [0.2, 0.25) is 0 Å². The number of nitrogens with two attached hydrogens (primary N) is 1. The molecule has 0 rings (SSSR count). The number of hydrogen-bond acceptors (Lipinski definition) is 1. The highest BCUT2D eigenvalue weighted by Crippen LogP contribution is 1.76. The zero-order valence-electron chi connectivity index (χ0n) is 15.7. The highest BCUT2D eigenvalue weighted by molar-refractivity contribution is 4.12. The Hall–Kier alpha value is -0.0400. The molecule has 1 nitrogen and oxygen atoms in total. The number of unbranched alkanes of at least 4 members (excludes halogenated alkanes) is 1. The molecule has 0 saturated heterocycles. The lowest BCUT2D eigenvalue weighted by molar-refractivity contribution is 0.886. The quantitative estimate of drug-likeness (QED) is 0.540. The molecule has 0 aromatic heterocycles. The van der Waals surface area contributed by atoms with Crippen molar-refractivity contribution in [3.05, 3.63) is 0 Å². The molecule has 2 N–H and O–H groups in total. The number of rotatable bonds is 1. The van der Waals surface area contributed by atoms with Crippen LogP contribution in [-0.4, -0.2) is 7.05 Å². The van der Waals surface area contributed by atoms with Crippen molar-refractivity contribution in [3.63, 3.8) is 0 Å². The van der Waals surface area contributed by atoms with Gasteiger partial charge in [-0.05, 0) is 7.05 Å². The van der Waals surface area contributed by atoms with Crippen LogP contribution in [0.1, 0.15) is 102 Å². The normalized spacial score (nSPS) is 4.59. The Labute approximate surface area is 116 Å². The van der Waals surface area contributed by atoms with E-state index in [1.54, 1.807) is 0 Å². The fraction of sp³-hybridized carbons (Fsp3) is 1.00. The van der Waals surface area contributed by atoms with E-state index in [-0.39, 0.29) is 0 Å². The van der Waals surface area contributed by atoms with E-state index < -0.39 is 0 Å². The van der Waals surface area contributed by atoms with Crippen molar-refractivity contribution >= 4 is 0 Å². The van der Waals surface area contributed by atoms with E-state index in [0.717, 1.165) is 0 Å². The van der Waals surface area contributed by atoms with E-state index in [9.17, 15) is 0 Å². The summed E-state index contributed by atoms with van der Waals surface area (Å²) in [6.45, 7) is 24.6. The first kappa shape index (κ1) is 43.5. The van der Waals surface area contributed by atoms with E-state index >= 15 is 0 Å². The highest BCUT2D eigenvalue weighted by atomic mass is 14.4. The predicted octanol–water partition coefficient (Wildman–Crippen LogP) is 6.90. The summed E-state index contributed by atoms with van der Waals surface area (Å²) in [5, 5.41) is 0. The standard InChI is InChI=1S/C4H10.C3H8.4C2H6.CH5N/c1-3-4-2;1-3-2;5*1-2/h3-4H2,1-2H3;3H2,1-2H3;4*1-2H3;2H2,1H3. The average molecular weight is 254 g/mol. The molecule has 0 radical (unpaired) electrons. The van der Waals surface area contributed by atoms with Gasteiger partial charge in [-0.3, -0.25) is 0 Å². The van der Waals surface area contributed by atoms with Crippen molar-refractivity contribution in [1.29, 1.82) is 0 Å². The van der Waals surface area contributed by atoms with Gasteiger partial charge in [-0.1, -0.05) is 102 Å². The van der Waals surface area contributed by atoms with Crippen molar-refractivity contribution in [1.82, 2.24) is 0 Å². The molecule has 1 heteroatoms. The van der Waals surface area contributed by atoms with Gasteiger partial charge in [0.2, 0.25) is 0 Å². The molecule has 0 heterocycles. The Morgan fingerprint density at radius 3 is 0.529 bits per heavy atom. The summed E-state index contributed by atoms with van der Waals surface area (Å²) in [5.74, 6) is 0. The Balaban J connectivity index is -0.0000000141. The highest BCUT2D eigenvalue weighted by Gasteiger charge is 1.56. The zero-order valence-corrected chi connectivity index (χ0v) is 15.7. The van der Waals surface area contributed by atoms with Gasteiger partial charge in [-0.25, -0.2) is 0 Å². The predicted molar refractivity (Wildman–Crippen MR) is 92.1 cm³/mol. The molecule has 0 aliphatic carbocycles. The van der Waals surface area contributed by atoms with Crippen LogP contribution in [0.15, 0.2) is 0 Å². The SMILES string of the molecule is CC.CC.CC.CC.CCC.CCCC.CN. The maximum atomic E-state index is 4.50. The van der Waals surface area contributed by atoms with Gasteiger partial charge in [-0.2, -0.15) is 0 Å². The molecule has 0 spiro atoms. The smallest absolute Gasteiger partial charge is 0.0195 e. The molecule has 0 aromatic rings. The first-order valence-electron chi connectivity index (χ1n) is 7.91. The molecule has 0 unspecified atom stereocenters. The first-order valence-corrected chi connectivity index (χ1v) is 7.91. The summed E-state index contributed by atoms with van der Waals surface area (Å²) in [6, 6.07) is 0. The lowest BCUT2D eigenvalue weighted by atomic mass is 10.4. The van der Waals surface area contributed by atoms with E-state index in [1.165, 1.54) is 26.3 Å². The molecule has 0 fully saturated rings. The summed E-state index contributed by atoms with van der Waals surface area (Å²) in [7, 11) is 1.50. The van der Waals surface area contributed by atoms with Gasteiger partial charge in [0.05, 0.1) is 0 Å². The third-order valence-corrected chi connectivity index (χ3v) is 0.500. The van der Waals surface area contributed by atoms with E-state index in [0.29, 0.717) is 0 Å². The third kappa shape index (κ3) is 3370. The maximum absolute atomic E-state index is 4.50. The minimum Gasteiger partial charge on any atom is -0.333 e. The lowest BCUT2D eigenvalue weighted by Gasteiger charge is -1.68. The van der Waals surface area contributed by atoms with Crippen molar-refractivity contribution in [2.45, 2.75) is 102 Å². The monoisotopic (exact) mass is 253 g/mol. The Kier molecular flexibility index (Phi) is 1040. The molecule has 116 valence electrons. The van der Waals surface area contributed by atoms with Crippen LogP contribution in [0.25, 0.3) is 0 Å². The van der Waals surface area contributed by atoms with Crippen molar-refractivity contribution < 1.29 is 0 Å². The summed E-state index contributed by atoms with van der Waals surface area (Å²) in [5.41, 5.74) is 4.50. The van der Waals surface area contributed by atoms with E-state index in [2.05, 4.69) is 33.4 Å². The van der Waals surface area contributed by atoms with Crippen molar-refractivity contribution in [2.24, 2.45) is 5.73 Å². The van der Waals surface area contributed by atoms with Gasteiger partial charge >= 0.3 is 0 Å². The molecule has 0 amide bonds. The Morgan fingerprint density at radius 2 is 0.529 bits per heavy atom. The molecule has 0 bridgehead atoms. The largest absolute Gasteiger partial charge is 0.333 e. The van der Waals surface area contributed by atoms with Crippen LogP contribution in [-0.2, 0) is 0 Å². The van der Waals surface area contributed by atoms with Crippen LogP contribution in [0.4, 0.5) is 0 Å². The fourth-order valence-electron chi connectivity index (χ4n) is 0. The fourth-order valence-corrected chi connectivity index (χ4v) is 0. The minimum absolute atomic E-state index is 1.25. The molecular weight excluding hydrogens is 206 g/mol. The molecule has 0 aliphatic heterocycles. The van der Waals surface area contributed by atoms with Crippen molar-refractivity contribution in [3.8, 4) is 0 Å². The van der Waals surface area contributed by atoms with Crippen LogP contribution >= 0.6 is 0 Å². The van der Waals surface area contributed by atoms with Gasteiger partial charge < -0.3 is 5.73 Å². The minimum atomic E-state index is 1.25. The van der Waals surface area contributed by atoms with Crippen LogP contribution in [0, 0.1) is 0 Å². The number of hydrogen-bond donors (Lipinski definition) is 1. The maximum Gasteiger partial charge on any atom is -0.0195 e. The second kappa shape index (κ2) is 408. The van der Waals surface area contributed by atoms with Gasteiger partial charge in [0.15, 0.2) is 0 Å². The summed E-state index contributed by atoms with van der Waals surface area (Å²) < 4.78 is 0. The van der Waals surface area contributed by atoms with Crippen LogP contribution in [0.3, 0.4) is 0 Å². The zero-order chi connectivity index (χ0) is 16.1. The van der Waals surface area contributed by atoms with Gasteiger partial charge in [0.1, 0.15) is 0 Å². The Morgan fingerprint density at radius 1 is 0.471 bits per heavy atom. The third-order valence-electron chi connectivity index (χ3n) is 0.500. The van der Waals surface area contributed by atoms with Gasteiger partial charge in [0, 0.05) is 0 Å². The van der Waals surface area contributed by atoms with Gasteiger partial charge in [0.25, 0.3) is 0 Å². The molecule has 0 aromatic carbocycles. The molecule has 0 saturated carbocycles.